The Balaban J connectivity index is 1.79. The first-order valence-corrected chi connectivity index (χ1v) is 7.81. The summed E-state index contributed by atoms with van der Waals surface area (Å²) in [5, 5.41) is 6.70. The number of hydrogen-bond acceptors (Lipinski definition) is 4. The lowest BCUT2D eigenvalue weighted by Crippen LogP contribution is -2.13. The Morgan fingerprint density at radius 1 is 0.920 bits per heavy atom. The van der Waals surface area contributed by atoms with Crippen LogP contribution in [0.2, 0.25) is 0 Å². The summed E-state index contributed by atoms with van der Waals surface area (Å²) >= 11 is 0. The second-order valence-electron chi connectivity index (χ2n) is 5.41. The molecule has 0 spiro atoms. The van der Waals surface area contributed by atoms with Crippen molar-refractivity contribution in [2.75, 3.05) is 5.32 Å². The van der Waals surface area contributed by atoms with E-state index in [9.17, 15) is 4.79 Å². The number of carbonyl (C=O) groups excluding carboxylic acids is 1. The summed E-state index contributed by atoms with van der Waals surface area (Å²) in [4.78, 5) is 21.1. The molecular weight excluding hydrogens is 314 g/mol. The van der Waals surface area contributed by atoms with Crippen LogP contribution < -0.4 is 5.32 Å². The van der Waals surface area contributed by atoms with Crippen LogP contribution in [0, 0.1) is 6.92 Å². The Hall–Kier alpha value is -3.47. The lowest BCUT2D eigenvalue weighted by molar-refractivity contribution is 0.166. The molecule has 1 amide bonds. The lowest BCUT2D eigenvalue weighted by Gasteiger charge is -2.07. The molecule has 3 aromatic rings. The van der Waals surface area contributed by atoms with Gasteiger partial charge in [0.25, 0.3) is 0 Å². The van der Waals surface area contributed by atoms with Crippen molar-refractivity contribution in [1.29, 1.82) is 0 Å². The summed E-state index contributed by atoms with van der Waals surface area (Å²) in [6, 6.07) is 20.6. The first-order chi connectivity index (χ1) is 12.2. The van der Waals surface area contributed by atoms with Crippen LogP contribution in [0.5, 0.6) is 0 Å². The third-order valence-corrected chi connectivity index (χ3v) is 3.52. The van der Waals surface area contributed by atoms with Gasteiger partial charge >= 0.3 is 6.09 Å². The number of carbonyl (C=O) groups is 1. The molecule has 0 fully saturated rings. The van der Waals surface area contributed by atoms with Gasteiger partial charge in [0.1, 0.15) is 5.71 Å². The van der Waals surface area contributed by atoms with E-state index in [1.54, 1.807) is 24.5 Å². The van der Waals surface area contributed by atoms with Gasteiger partial charge in [-0.2, -0.15) is 0 Å². The molecule has 0 atom stereocenters. The van der Waals surface area contributed by atoms with Crippen LogP contribution in [0.15, 0.2) is 84.3 Å². The molecule has 0 saturated carbocycles. The topological polar surface area (TPSA) is 63.6 Å². The van der Waals surface area contributed by atoms with Crippen LogP contribution >= 0.6 is 0 Å². The fraction of sp³-hybridized carbons (Fsp3) is 0.0500. The number of aryl methyl sites for hydroxylation is 1. The molecule has 0 aliphatic rings. The highest BCUT2D eigenvalue weighted by Crippen LogP contribution is 2.12. The number of oxime groups is 1. The van der Waals surface area contributed by atoms with Gasteiger partial charge in [-0.1, -0.05) is 53.2 Å². The van der Waals surface area contributed by atoms with Crippen molar-refractivity contribution in [3.63, 3.8) is 0 Å². The van der Waals surface area contributed by atoms with E-state index in [0.717, 1.165) is 16.7 Å². The maximum atomic E-state index is 12.0. The molecule has 0 saturated heterocycles. The number of anilines is 1. The van der Waals surface area contributed by atoms with Crippen molar-refractivity contribution in [2.24, 2.45) is 5.16 Å². The van der Waals surface area contributed by atoms with E-state index < -0.39 is 6.09 Å². The number of rotatable bonds is 4. The first kappa shape index (κ1) is 16.4. The van der Waals surface area contributed by atoms with E-state index in [-0.39, 0.29) is 0 Å². The van der Waals surface area contributed by atoms with Crippen molar-refractivity contribution in [3.8, 4) is 0 Å². The van der Waals surface area contributed by atoms with Crippen LogP contribution in [-0.4, -0.2) is 16.8 Å². The molecule has 1 N–H and O–H groups in total. The summed E-state index contributed by atoms with van der Waals surface area (Å²) in [6.07, 6.45) is 2.69. The molecule has 0 radical (unpaired) electrons. The molecule has 0 aliphatic carbocycles. The third kappa shape index (κ3) is 4.51. The molecule has 0 unspecified atom stereocenters. The highest BCUT2D eigenvalue weighted by molar-refractivity contribution is 6.12. The minimum atomic E-state index is -0.647. The lowest BCUT2D eigenvalue weighted by atomic mass is 10.0. The van der Waals surface area contributed by atoms with Gasteiger partial charge in [-0.25, -0.2) is 4.79 Å². The molecule has 5 nitrogen and oxygen atoms in total. The monoisotopic (exact) mass is 331 g/mol. The van der Waals surface area contributed by atoms with E-state index in [1.165, 1.54) is 0 Å². The quantitative estimate of drug-likeness (QED) is 0.438. The third-order valence-electron chi connectivity index (χ3n) is 3.52. The summed E-state index contributed by atoms with van der Waals surface area (Å²) in [7, 11) is 0. The first-order valence-electron chi connectivity index (χ1n) is 7.81. The van der Waals surface area contributed by atoms with Gasteiger partial charge in [-0.05, 0) is 31.2 Å². The van der Waals surface area contributed by atoms with E-state index in [2.05, 4.69) is 15.5 Å². The molecule has 25 heavy (non-hydrogen) atoms. The van der Waals surface area contributed by atoms with Gasteiger partial charge in [0.2, 0.25) is 0 Å². The van der Waals surface area contributed by atoms with Gasteiger partial charge < -0.3 is 0 Å². The predicted molar refractivity (Wildman–Crippen MR) is 97.6 cm³/mol. The van der Waals surface area contributed by atoms with Crippen molar-refractivity contribution in [1.82, 2.24) is 4.98 Å². The average Bonchev–Trinajstić information content (AvgIpc) is 2.66. The van der Waals surface area contributed by atoms with E-state index in [0.29, 0.717) is 11.4 Å². The van der Waals surface area contributed by atoms with Crippen molar-refractivity contribution >= 4 is 17.5 Å². The van der Waals surface area contributed by atoms with Crippen molar-refractivity contribution < 1.29 is 9.63 Å². The fourth-order valence-corrected chi connectivity index (χ4v) is 2.24. The van der Waals surface area contributed by atoms with Gasteiger partial charge in [0, 0.05) is 29.2 Å². The van der Waals surface area contributed by atoms with Crippen LogP contribution in [0.3, 0.4) is 0 Å². The number of benzene rings is 2. The largest absolute Gasteiger partial charge is 0.437 e. The highest BCUT2D eigenvalue weighted by Gasteiger charge is 2.09. The Morgan fingerprint density at radius 3 is 2.24 bits per heavy atom. The van der Waals surface area contributed by atoms with E-state index >= 15 is 0 Å². The van der Waals surface area contributed by atoms with Crippen molar-refractivity contribution in [2.45, 2.75) is 6.92 Å². The zero-order chi connectivity index (χ0) is 17.5. The maximum absolute atomic E-state index is 12.0. The standard InChI is InChI=1S/C20H17N3O2/c1-15-7-9-18(10-8-15)22-20(24)25-23-19(16-5-3-2-4-6-16)17-11-13-21-14-12-17/h2-14H,1H3,(H,22,24)/b23-19-. The van der Waals surface area contributed by atoms with Gasteiger partial charge in [-0.3, -0.25) is 15.1 Å². The van der Waals surface area contributed by atoms with Gasteiger partial charge in [-0.15, -0.1) is 0 Å². The molecule has 3 rings (SSSR count). The average molecular weight is 331 g/mol. The number of nitrogens with one attached hydrogen (secondary N) is 1. The minimum absolute atomic E-state index is 0.557. The van der Waals surface area contributed by atoms with E-state index in [4.69, 9.17) is 4.84 Å². The van der Waals surface area contributed by atoms with Crippen molar-refractivity contribution in [3.05, 3.63) is 95.8 Å². The van der Waals surface area contributed by atoms with Crippen LogP contribution in [-0.2, 0) is 4.84 Å². The zero-order valence-electron chi connectivity index (χ0n) is 13.7. The van der Waals surface area contributed by atoms with Gasteiger partial charge in [0.15, 0.2) is 0 Å². The molecule has 5 heteroatoms. The highest BCUT2D eigenvalue weighted by atomic mass is 16.7. The van der Waals surface area contributed by atoms with Crippen LogP contribution in [0.25, 0.3) is 0 Å². The van der Waals surface area contributed by atoms with Crippen LogP contribution in [0.1, 0.15) is 16.7 Å². The van der Waals surface area contributed by atoms with Crippen LogP contribution in [0.4, 0.5) is 10.5 Å². The Bertz CT molecular complexity index is 819. The summed E-state index contributed by atoms with van der Waals surface area (Å²) in [6.45, 7) is 1.98. The maximum Gasteiger partial charge on any atom is 0.437 e. The molecular formula is C20H17N3O2. The Labute approximate surface area is 146 Å². The number of nitrogens with zero attached hydrogens (tertiary/aromatic N) is 2. The molecule has 1 heterocycles. The second kappa shape index (κ2) is 7.88. The number of amides is 1. The summed E-state index contributed by atoms with van der Waals surface area (Å²) in [5.74, 6) is 0. The molecule has 0 bridgehead atoms. The zero-order valence-corrected chi connectivity index (χ0v) is 13.7. The second-order valence-corrected chi connectivity index (χ2v) is 5.41. The summed E-state index contributed by atoms with van der Waals surface area (Å²) in [5.41, 5.74) is 3.97. The number of hydrogen-bond donors (Lipinski definition) is 1. The minimum Gasteiger partial charge on any atom is -0.297 e. The predicted octanol–water partition coefficient (Wildman–Crippen LogP) is 4.39. The number of pyridine rings is 1. The molecule has 0 aliphatic heterocycles. The fourth-order valence-electron chi connectivity index (χ4n) is 2.24. The Kier molecular flexibility index (Phi) is 5.16. The van der Waals surface area contributed by atoms with Gasteiger partial charge in [0.05, 0.1) is 0 Å². The smallest absolute Gasteiger partial charge is 0.297 e. The molecule has 1 aromatic heterocycles. The summed E-state index contributed by atoms with van der Waals surface area (Å²) < 4.78 is 0. The molecule has 2 aromatic carbocycles. The number of aromatic nitrogens is 1. The Morgan fingerprint density at radius 2 is 1.56 bits per heavy atom. The molecule has 124 valence electrons. The van der Waals surface area contributed by atoms with E-state index in [1.807, 2.05) is 61.5 Å². The SMILES string of the molecule is Cc1ccc(NC(=O)O/N=C(/c2ccccc2)c2ccncc2)cc1. The normalized spacial score (nSPS) is 11.0.